The van der Waals surface area contributed by atoms with Gasteiger partial charge in [-0.15, -0.1) is 23.1 Å². The Bertz CT molecular complexity index is 1780. The molecule has 1 unspecified atom stereocenters. The summed E-state index contributed by atoms with van der Waals surface area (Å²) in [6.07, 6.45) is 2.36. The number of ether oxygens (including phenoxy) is 1. The number of aliphatic carboxylic acids is 1. The molecular formula is C28H29N5O11S3. The number of nitrogens with zero attached hydrogens (tertiary/aromatic N) is 3. The van der Waals surface area contributed by atoms with Crippen molar-refractivity contribution < 1.29 is 51.3 Å². The van der Waals surface area contributed by atoms with E-state index in [1.54, 1.807) is 39.8 Å². The zero-order valence-electron chi connectivity index (χ0n) is 25.3. The first-order valence-electron chi connectivity index (χ1n) is 13.6. The average Bonchev–Trinajstić information content (AvgIpc) is 3.45. The number of anilines is 1. The highest BCUT2D eigenvalue weighted by atomic mass is 32.2. The summed E-state index contributed by atoms with van der Waals surface area (Å²) in [6, 6.07) is 4.74. The Kier molecular flexibility index (Phi) is 10.7. The molecule has 0 radical (unpaired) electrons. The zero-order valence-corrected chi connectivity index (χ0v) is 27.7. The van der Waals surface area contributed by atoms with E-state index in [0.29, 0.717) is 6.41 Å². The van der Waals surface area contributed by atoms with Gasteiger partial charge in [0.25, 0.3) is 11.8 Å². The van der Waals surface area contributed by atoms with Gasteiger partial charge in [0, 0.05) is 11.1 Å². The molecule has 3 heterocycles. The number of carboxylic acid groups (broad SMARTS) is 1. The van der Waals surface area contributed by atoms with E-state index in [9.17, 15) is 37.5 Å². The number of hydrogen-bond donors (Lipinski definition) is 3. The van der Waals surface area contributed by atoms with Gasteiger partial charge in [-0.1, -0.05) is 22.9 Å². The van der Waals surface area contributed by atoms with E-state index in [4.69, 9.17) is 13.8 Å². The van der Waals surface area contributed by atoms with Crippen molar-refractivity contribution in [3.63, 3.8) is 0 Å². The number of amides is 3. The molecule has 2 aliphatic rings. The van der Waals surface area contributed by atoms with Crippen LogP contribution in [0.5, 0.6) is 0 Å². The molecule has 19 heteroatoms. The van der Waals surface area contributed by atoms with E-state index in [2.05, 4.69) is 20.8 Å². The Labute approximate surface area is 277 Å². The fourth-order valence-corrected chi connectivity index (χ4v) is 6.90. The molecular weight excluding hydrogens is 679 g/mol. The number of fused-ring (bicyclic) bond motifs is 1. The molecule has 47 heavy (non-hydrogen) atoms. The van der Waals surface area contributed by atoms with Crippen molar-refractivity contribution in [3.8, 4) is 0 Å². The molecule has 2 aromatic rings. The van der Waals surface area contributed by atoms with Crippen LogP contribution in [0.15, 0.2) is 63.3 Å². The van der Waals surface area contributed by atoms with Gasteiger partial charge in [-0.2, -0.15) is 8.42 Å². The molecule has 0 bridgehead atoms. The van der Waals surface area contributed by atoms with Gasteiger partial charge in [0.1, 0.15) is 39.6 Å². The molecule has 250 valence electrons. The normalized spacial score (nSPS) is 18.3. The van der Waals surface area contributed by atoms with Crippen molar-refractivity contribution in [2.24, 2.45) is 5.16 Å². The van der Waals surface area contributed by atoms with Crippen molar-refractivity contribution >= 4 is 74.2 Å². The van der Waals surface area contributed by atoms with Gasteiger partial charge in [-0.05, 0) is 51.5 Å². The highest BCUT2D eigenvalue weighted by Gasteiger charge is 2.54. The number of benzene rings is 1. The van der Waals surface area contributed by atoms with E-state index in [1.165, 1.54) is 17.5 Å². The third-order valence-corrected chi connectivity index (χ3v) is 9.44. The van der Waals surface area contributed by atoms with Crippen LogP contribution in [0.3, 0.4) is 0 Å². The summed E-state index contributed by atoms with van der Waals surface area (Å²) in [7, 11) is -4.18. The van der Waals surface area contributed by atoms with E-state index < -0.39 is 68.9 Å². The number of esters is 1. The van der Waals surface area contributed by atoms with Crippen LogP contribution in [-0.2, 0) is 47.8 Å². The number of β-lactam (4-membered cyclic amide) rings is 1. The molecule has 2 atom stereocenters. The number of oxime groups is 1. The minimum atomic E-state index is -4.18. The maximum Gasteiger partial charge on any atom is 0.352 e. The third-order valence-electron chi connectivity index (χ3n) is 6.15. The van der Waals surface area contributed by atoms with Crippen LogP contribution in [0.2, 0.25) is 0 Å². The number of carboxylic acids is 1. The van der Waals surface area contributed by atoms with Crippen LogP contribution >= 0.6 is 23.1 Å². The number of allylic oxidation sites excluding steroid dienone is 1. The van der Waals surface area contributed by atoms with Crippen molar-refractivity contribution in [2.45, 2.75) is 49.6 Å². The lowest BCUT2D eigenvalue weighted by Gasteiger charge is -2.49. The Morgan fingerprint density at radius 1 is 1.21 bits per heavy atom. The van der Waals surface area contributed by atoms with Crippen LogP contribution in [0.4, 0.5) is 5.13 Å². The molecule has 0 spiro atoms. The van der Waals surface area contributed by atoms with Gasteiger partial charge in [-0.25, -0.2) is 14.6 Å². The lowest BCUT2D eigenvalue weighted by molar-refractivity contribution is -0.160. The van der Waals surface area contributed by atoms with Crippen molar-refractivity contribution in [1.82, 2.24) is 15.2 Å². The largest absolute Gasteiger partial charge is 0.477 e. The molecule has 3 amide bonds. The SMILES string of the molecule is Cc1ccc(S(=O)(=O)O/C=C/C2=C(C(=O)O)N3C(=O)C(NC(=O)/C(=N\OCC(=O)OC(C)(C)C)c4csc(NC=O)n4)[C@H]3SC2)cc1. The molecule has 2 aliphatic heterocycles. The molecule has 1 saturated heterocycles. The Balaban J connectivity index is 1.49. The molecule has 0 saturated carbocycles. The van der Waals surface area contributed by atoms with E-state index in [1.807, 2.05) is 0 Å². The highest BCUT2D eigenvalue weighted by molar-refractivity contribution is 8.00. The lowest BCUT2D eigenvalue weighted by atomic mass is 10.0. The van der Waals surface area contributed by atoms with E-state index in [-0.39, 0.29) is 27.0 Å². The number of aryl methyl sites for hydroxylation is 1. The third kappa shape index (κ3) is 8.54. The van der Waals surface area contributed by atoms with Gasteiger partial charge in [-0.3, -0.25) is 19.3 Å². The summed E-state index contributed by atoms with van der Waals surface area (Å²) in [5, 5.41) is 19.2. The lowest BCUT2D eigenvalue weighted by Crippen LogP contribution is -2.71. The maximum atomic E-state index is 13.3. The fraction of sp³-hybridized carbons (Fsp3) is 0.321. The number of hydrogen-bond acceptors (Lipinski definition) is 14. The van der Waals surface area contributed by atoms with Gasteiger partial charge in [0.2, 0.25) is 13.0 Å². The molecule has 1 aromatic heterocycles. The average molecular weight is 708 g/mol. The highest BCUT2D eigenvalue weighted by Crippen LogP contribution is 2.40. The summed E-state index contributed by atoms with van der Waals surface area (Å²) in [5.74, 6) is -3.88. The van der Waals surface area contributed by atoms with Crippen LogP contribution in [0.25, 0.3) is 0 Å². The number of rotatable bonds is 13. The second kappa shape index (κ2) is 14.3. The zero-order chi connectivity index (χ0) is 34.5. The fourth-order valence-electron chi connectivity index (χ4n) is 4.15. The quantitative estimate of drug-likeness (QED) is 0.0514. The Hall–Kier alpha value is -4.75. The Morgan fingerprint density at radius 2 is 1.91 bits per heavy atom. The van der Waals surface area contributed by atoms with Crippen LogP contribution in [-0.4, -0.2) is 88.7 Å². The summed E-state index contributed by atoms with van der Waals surface area (Å²) in [4.78, 5) is 71.6. The number of thiazole rings is 1. The van der Waals surface area contributed by atoms with E-state index in [0.717, 1.165) is 45.9 Å². The molecule has 3 N–H and O–H groups in total. The van der Waals surface area contributed by atoms with Crippen LogP contribution in [0.1, 0.15) is 32.0 Å². The maximum absolute atomic E-state index is 13.3. The standard InChI is InChI=1S/C28H29N5O11S3/c1-15-5-7-17(8-6-15)47(40,41)43-10-9-16-12-45-25-21(24(37)33(25)22(16)26(38)39)31-23(36)20(18-13-46-27(30-18)29-14-34)32-42-11-19(35)44-28(2,3)4/h5-10,13-14,21,25H,11-12H2,1-4H3,(H,31,36)(H,38,39)(H,29,30,34)/b10-9+,32-20-/t21?,25-/m1/s1. The van der Waals surface area contributed by atoms with Gasteiger partial charge in [0.15, 0.2) is 10.8 Å². The minimum absolute atomic E-state index is 0.0274. The summed E-state index contributed by atoms with van der Waals surface area (Å²) >= 11 is 2.08. The van der Waals surface area contributed by atoms with Gasteiger partial charge < -0.3 is 29.5 Å². The second-order valence-electron chi connectivity index (χ2n) is 10.8. The first kappa shape index (κ1) is 35.1. The molecule has 1 aromatic carbocycles. The molecule has 1 fully saturated rings. The van der Waals surface area contributed by atoms with Crippen LogP contribution < -0.4 is 10.6 Å². The predicted octanol–water partition coefficient (Wildman–Crippen LogP) is 1.74. The molecule has 0 aliphatic carbocycles. The summed E-state index contributed by atoms with van der Waals surface area (Å²) in [5.41, 5.74) is -0.728. The number of carbonyl (C=O) groups is 5. The second-order valence-corrected chi connectivity index (χ2v) is 14.3. The number of thioether (sulfide) groups is 1. The monoisotopic (exact) mass is 707 g/mol. The predicted molar refractivity (Wildman–Crippen MR) is 168 cm³/mol. The summed E-state index contributed by atoms with van der Waals surface area (Å²) in [6.45, 7) is 6.11. The Morgan fingerprint density at radius 3 is 2.55 bits per heavy atom. The first-order valence-corrected chi connectivity index (χ1v) is 16.9. The van der Waals surface area contributed by atoms with Gasteiger partial charge in [0.05, 0.1) is 0 Å². The van der Waals surface area contributed by atoms with E-state index >= 15 is 0 Å². The smallest absolute Gasteiger partial charge is 0.352 e. The van der Waals surface area contributed by atoms with Crippen LogP contribution in [0, 0.1) is 6.92 Å². The topological polar surface area (TPSA) is 220 Å². The minimum Gasteiger partial charge on any atom is -0.477 e. The molecule has 16 nitrogen and oxygen atoms in total. The van der Waals surface area contributed by atoms with Gasteiger partial charge >= 0.3 is 22.1 Å². The van der Waals surface area contributed by atoms with Crippen molar-refractivity contribution in [3.05, 3.63) is 64.5 Å². The number of carbonyl (C=O) groups excluding carboxylic acids is 4. The number of nitrogens with one attached hydrogen (secondary N) is 2. The van der Waals surface area contributed by atoms with Crippen molar-refractivity contribution in [1.29, 1.82) is 0 Å². The van der Waals surface area contributed by atoms with Crippen molar-refractivity contribution in [2.75, 3.05) is 17.7 Å². The molecule has 4 rings (SSSR count). The summed E-state index contributed by atoms with van der Waals surface area (Å²) < 4.78 is 35.1. The first-order chi connectivity index (χ1) is 22.1. The number of aromatic nitrogens is 1.